The molecule has 1 unspecified atom stereocenters. The monoisotopic (exact) mass is 515 g/mol. The average molecular weight is 516 g/mol. The van der Waals surface area contributed by atoms with E-state index in [4.69, 9.17) is 20.8 Å². The average Bonchev–Trinajstić information content (AvgIpc) is 3.42. The number of aliphatic hydroxyl groups excluding tert-OH is 1. The molecule has 1 aliphatic rings. The second-order valence-electron chi connectivity index (χ2n) is 8.88. The van der Waals surface area contributed by atoms with Crippen LogP contribution < -0.4 is 4.90 Å². The number of furan rings is 1. The fourth-order valence-electron chi connectivity index (χ4n) is 4.38. The van der Waals surface area contributed by atoms with Crippen LogP contribution in [-0.4, -0.2) is 28.9 Å². The van der Waals surface area contributed by atoms with Gasteiger partial charge in [0.2, 0.25) is 5.78 Å². The van der Waals surface area contributed by atoms with E-state index in [2.05, 4.69) is 0 Å². The fraction of sp³-hybridized carbons (Fsp3) is 0.138. The van der Waals surface area contributed by atoms with Gasteiger partial charge >= 0.3 is 5.97 Å². The van der Waals surface area contributed by atoms with Crippen molar-refractivity contribution in [3.05, 3.63) is 112 Å². The van der Waals surface area contributed by atoms with Gasteiger partial charge in [0.25, 0.3) is 5.91 Å². The van der Waals surface area contributed by atoms with Crippen molar-refractivity contribution in [2.45, 2.75) is 26.0 Å². The Morgan fingerprint density at radius 1 is 1.00 bits per heavy atom. The molecule has 4 aromatic rings. The Morgan fingerprint density at radius 2 is 1.76 bits per heavy atom. The summed E-state index contributed by atoms with van der Waals surface area (Å²) in [6.45, 7) is 3.48. The predicted octanol–water partition coefficient (Wildman–Crippen LogP) is 6.43. The molecular formula is C29H22ClNO6. The van der Waals surface area contributed by atoms with Crippen molar-refractivity contribution in [3.8, 4) is 0 Å². The zero-order valence-corrected chi connectivity index (χ0v) is 20.7. The van der Waals surface area contributed by atoms with Gasteiger partial charge in [0.1, 0.15) is 5.58 Å². The maximum absolute atomic E-state index is 13.7. The van der Waals surface area contributed by atoms with E-state index in [1.54, 1.807) is 80.6 Å². The molecule has 3 aromatic carbocycles. The van der Waals surface area contributed by atoms with Crippen LogP contribution in [0.5, 0.6) is 0 Å². The van der Waals surface area contributed by atoms with Crippen LogP contribution in [0.3, 0.4) is 0 Å². The van der Waals surface area contributed by atoms with E-state index in [1.165, 1.54) is 17.0 Å². The molecule has 0 saturated carbocycles. The van der Waals surface area contributed by atoms with Gasteiger partial charge in [0.05, 0.1) is 23.3 Å². The van der Waals surface area contributed by atoms with Crippen molar-refractivity contribution in [2.24, 2.45) is 0 Å². The number of aliphatic hydroxyl groups is 1. The van der Waals surface area contributed by atoms with Crippen molar-refractivity contribution in [2.75, 3.05) is 4.90 Å². The maximum atomic E-state index is 13.7. The van der Waals surface area contributed by atoms with Gasteiger partial charge in [0.15, 0.2) is 11.5 Å². The zero-order valence-electron chi connectivity index (χ0n) is 20.0. The summed E-state index contributed by atoms with van der Waals surface area (Å²) in [6.07, 6.45) is -0.324. The third-order valence-corrected chi connectivity index (χ3v) is 6.21. The molecule has 186 valence electrons. The number of amides is 1. The van der Waals surface area contributed by atoms with E-state index in [1.807, 2.05) is 0 Å². The smallest absolute Gasteiger partial charge is 0.338 e. The number of benzene rings is 3. The highest BCUT2D eigenvalue weighted by Gasteiger charge is 2.45. The van der Waals surface area contributed by atoms with Gasteiger partial charge < -0.3 is 14.3 Å². The summed E-state index contributed by atoms with van der Waals surface area (Å²) in [5.41, 5.74) is 1.47. The first-order chi connectivity index (χ1) is 17.7. The Hall–Kier alpha value is -4.36. The lowest BCUT2D eigenvalue weighted by atomic mass is 9.94. The fourth-order valence-corrected chi connectivity index (χ4v) is 4.56. The third-order valence-electron chi connectivity index (χ3n) is 5.97. The number of ether oxygens (including phenoxy) is 1. The molecule has 37 heavy (non-hydrogen) atoms. The minimum Gasteiger partial charge on any atom is -0.503 e. The highest BCUT2D eigenvalue weighted by Crippen LogP contribution is 2.42. The van der Waals surface area contributed by atoms with Crippen LogP contribution >= 0.6 is 11.6 Å². The van der Waals surface area contributed by atoms with E-state index in [-0.39, 0.29) is 23.0 Å². The van der Waals surface area contributed by atoms with Gasteiger partial charge in [-0.3, -0.25) is 14.5 Å². The van der Waals surface area contributed by atoms with Gasteiger partial charge in [-0.25, -0.2) is 4.79 Å². The zero-order chi connectivity index (χ0) is 26.3. The third kappa shape index (κ3) is 4.49. The van der Waals surface area contributed by atoms with Crippen LogP contribution in [0.4, 0.5) is 5.69 Å². The minimum absolute atomic E-state index is 0.0383. The molecule has 7 nitrogen and oxygen atoms in total. The van der Waals surface area contributed by atoms with E-state index in [0.29, 0.717) is 27.2 Å². The SMILES string of the molecule is CC(C)OC(=O)c1cccc(N2C(=O)C(O)=C(C(=O)c3cc4cc(Cl)ccc4o3)C2c2ccccc2)c1. The van der Waals surface area contributed by atoms with Gasteiger partial charge in [-0.15, -0.1) is 0 Å². The molecule has 1 N–H and O–H groups in total. The highest BCUT2D eigenvalue weighted by atomic mass is 35.5. The molecule has 0 radical (unpaired) electrons. The van der Waals surface area contributed by atoms with Crippen molar-refractivity contribution in [3.63, 3.8) is 0 Å². The van der Waals surface area contributed by atoms with Crippen LogP contribution in [0.25, 0.3) is 11.0 Å². The lowest BCUT2D eigenvalue weighted by molar-refractivity contribution is -0.117. The molecule has 0 spiro atoms. The second-order valence-corrected chi connectivity index (χ2v) is 9.31. The number of anilines is 1. The van der Waals surface area contributed by atoms with Crippen LogP contribution in [0, 0.1) is 0 Å². The largest absolute Gasteiger partial charge is 0.503 e. The molecule has 5 rings (SSSR count). The first kappa shape index (κ1) is 24.3. The number of halogens is 1. The summed E-state index contributed by atoms with van der Waals surface area (Å²) in [5, 5.41) is 12.1. The Labute approximate surface area is 217 Å². The number of ketones is 1. The molecule has 1 aromatic heterocycles. The van der Waals surface area contributed by atoms with Gasteiger partial charge in [0, 0.05) is 16.1 Å². The normalized spacial score (nSPS) is 15.6. The standard InChI is InChI=1S/C29H22ClNO6/c1-16(2)36-29(35)18-9-6-10-21(14-18)31-25(17-7-4-3-5-8-17)24(27(33)28(31)34)26(32)23-15-19-13-20(30)11-12-22(19)37-23/h3-16,25,33H,1-2H3. The van der Waals surface area contributed by atoms with Crippen molar-refractivity contribution >= 4 is 45.9 Å². The summed E-state index contributed by atoms with van der Waals surface area (Å²) in [6, 6.07) is 20.7. The number of nitrogens with zero attached hydrogens (tertiary/aromatic N) is 1. The van der Waals surface area contributed by atoms with Crippen molar-refractivity contribution in [1.29, 1.82) is 0 Å². The molecule has 1 atom stereocenters. The molecule has 0 aliphatic carbocycles. The number of hydrogen-bond acceptors (Lipinski definition) is 6. The van der Waals surface area contributed by atoms with E-state index >= 15 is 0 Å². The summed E-state index contributed by atoms with van der Waals surface area (Å²) in [4.78, 5) is 41.0. The Balaban J connectivity index is 1.61. The number of hydrogen-bond donors (Lipinski definition) is 1. The topological polar surface area (TPSA) is 97.0 Å². The molecule has 0 bridgehead atoms. The molecule has 8 heteroatoms. The van der Waals surface area contributed by atoms with Crippen LogP contribution in [-0.2, 0) is 9.53 Å². The van der Waals surface area contributed by atoms with Crippen molar-refractivity contribution < 1.29 is 28.6 Å². The van der Waals surface area contributed by atoms with E-state index < -0.39 is 29.5 Å². The Kier molecular flexibility index (Phi) is 6.31. The summed E-state index contributed by atoms with van der Waals surface area (Å²) in [7, 11) is 0. The summed E-state index contributed by atoms with van der Waals surface area (Å²) in [5.74, 6) is -2.68. The quantitative estimate of drug-likeness (QED) is 0.234. The maximum Gasteiger partial charge on any atom is 0.338 e. The Bertz CT molecular complexity index is 1570. The van der Waals surface area contributed by atoms with E-state index in [9.17, 15) is 19.5 Å². The number of fused-ring (bicyclic) bond motifs is 1. The Morgan fingerprint density at radius 3 is 2.49 bits per heavy atom. The first-order valence-electron chi connectivity index (χ1n) is 11.6. The van der Waals surface area contributed by atoms with E-state index in [0.717, 1.165) is 0 Å². The van der Waals surface area contributed by atoms with Gasteiger partial charge in [-0.2, -0.15) is 0 Å². The summed E-state index contributed by atoms with van der Waals surface area (Å²) >= 11 is 6.07. The van der Waals surface area contributed by atoms with Gasteiger partial charge in [-0.05, 0) is 61.9 Å². The van der Waals surface area contributed by atoms with Gasteiger partial charge in [-0.1, -0.05) is 48.0 Å². The second kappa shape index (κ2) is 9.59. The number of Topliss-reactive ketones (excluding diaryl/α,β-unsaturated/α-hetero) is 1. The van der Waals surface area contributed by atoms with Crippen LogP contribution in [0.15, 0.2) is 94.6 Å². The highest BCUT2D eigenvalue weighted by molar-refractivity contribution is 6.31. The number of rotatable bonds is 6. The van der Waals surface area contributed by atoms with Crippen molar-refractivity contribution in [1.82, 2.24) is 0 Å². The molecule has 1 aliphatic heterocycles. The lowest BCUT2D eigenvalue weighted by Gasteiger charge is -2.27. The summed E-state index contributed by atoms with van der Waals surface area (Å²) < 4.78 is 11.0. The molecular weight excluding hydrogens is 494 g/mol. The molecule has 1 amide bonds. The lowest BCUT2D eigenvalue weighted by Crippen LogP contribution is -2.31. The van der Waals surface area contributed by atoms with Crippen LogP contribution in [0.1, 0.15) is 46.4 Å². The molecule has 2 heterocycles. The molecule has 0 saturated heterocycles. The molecule has 0 fully saturated rings. The predicted molar refractivity (Wildman–Crippen MR) is 139 cm³/mol. The number of esters is 1. The number of carbonyl (C=O) groups excluding carboxylic acids is 3. The van der Waals surface area contributed by atoms with Crippen LogP contribution in [0.2, 0.25) is 5.02 Å². The first-order valence-corrected chi connectivity index (χ1v) is 12.0. The number of carbonyl (C=O) groups is 3. The minimum atomic E-state index is -0.964.